The fourth-order valence-electron chi connectivity index (χ4n) is 3.44. The molecule has 0 spiro atoms. The first kappa shape index (κ1) is 17.2. The van der Waals surface area contributed by atoms with Gasteiger partial charge in [-0.3, -0.25) is 9.69 Å². The highest BCUT2D eigenvalue weighted by atomic mass is 16.5. The molecule has 6 heteroatoms. The molecule has 2 heterocycles. The van der Waals surface area contributed by atoms with Crippen molar-refractivity contribution in [2.24, 2.45) is 0 Å². The van der Waals surface area contributed by atoms with E-state index in [1.54, 1.807) is 7.11 Å². The van der Waals surface area contributed by atoms with E-state index >= 15 is 0 Å². The Bertz CT molecular complexity index is 546. The molecular weight excluding hydrogens is 306 g/mol. The highest BCUT2D eigenvalue weighted by molar-refractivity contribution is 5.77. The van der Waals surface area contributed by atoms with Gasteiger partial charge in [0.2, 0.25) is 5.91 Å². The standard InChI is InChI=1S/C18H27N3O3/c1-23-17-5-3-2-4-15(17)16-14-19-7-9-21(16)18(22)6-8-20-10-12-24-13-11-20/h2-5,16,19H,6-14H2,1H3. The van der Waals surface area contributed by atoms with Gasteiger partial charge in [0, 0.05) is 51.3 Å². The molecule has 24 heavy (non-hydrogen) atoms. The van der Waals surface area contributed by atoms with Crippen molar-refractivity contribution < 1.29 is 14.3 Å². The number of hydrogen-bond acceptors (Lipinski definition) is 5. The summed E-state index contributed by atoms with van der Waals surface area (Å²) in [7, 11) is 1.68. The van der Waals surface area contributed by atoms with Gasteiger partial charge in [-0.05, 0) is 6.07 Å². The van der Waals surface area contributed by atoms with E-state index in [0.717, 1.165) is 63.8 Å². The first-order valence-electron chi connectivity index (χ1n) is 8.73. The van der Waals surface area contributed by atoms with Crippen LogP contribution < -0.4 is 10.1 Å². The number of carbonyl (C=O) groups is 1. The van der Waals surface area contributed by atoms with Crippen molar-refractivity contribution in [2.75, 3.05) is 59.6 Å². The van der Waals surface area contributed by atoms with Gasteiger partial charge in [0.05, 0.1) is 26.4 Å². The lowest BCUT2D eigenvalue weighted by atomic mass is 10.0. The normalized spacial score (nSPS) is 22.4. The zero-order valence-corrected chi connectivity index (χ0v) is 14.4. The molecule has 6 nitrogen and oxygen atoms in total. The van der Waals surface area contributed by atoms with Gasteiger partial charge in [0.15, 0.2) is 0 Å². The monoisotopic (exact) mass is 333 g/mol. The van der Waals surface area contributed by atoms with Crippen molar-refractivity contribution in [1.82, 2.24) is 15.1 Å². The minimum atomic E-state index is 0.0343. The Morgan fingerprint density at radius 2 is 2.08 bits per heavy atom. The molecule has 1 aromatic carbocycles. The van der Waals surface area contributed by atoms with Crippen LogP contribution in [0.4, 0.5) is 0 Å². The third kappa shape index (κ3) is 4.06. The van der Waals surface area contributed by atoms with Crippen LogP contribution in [-0.4, -0.2) is 75.3 Å². The molecule has 1 atom stereocenters. The summed E-state index contributed by atoms with van der Waals surface area (Å²) in [5.41, 5.74) is 1.08. The van der Waals surface area contributed by atoms with Crippen LogP contribution in [0.25, 0.3) is 0 Å². The van der Waals surface area contributed by atoms with Crippen LogP contribution in [0.15, 0.2) is 24.3 Å². The molecular formula is C18H27N3O3. The number of nitrogens with zero attached hydrogens (tertiary/aromatic N) is 2. The Labute approximate surface area is 143 Å². The van der Waals surface area contributed by atoms with Crippen LogP contribution in [0.3, 0.4) is 0 Å². The number of hydrogen-bond donors (Lipinski definition) is 1. The van der Waals surface area contributed by atoms with Crippen LogP contribution >= 0.6 is 0 Å². The van der Waals surface area contributed by atoms with Crippen molar-refractivity contribution in [3.8, 4) is 5.75 Å². The minimum Gasteiger partial charge on any atom is -0.496 e. The molecule has 132 valence electrons. The number of carbonyl (C=O) groups excluding carboxylic acids is 1. The Balaban J connectivity index is 1.66. The number of benzene rings is 1. The van der Waals surface area contributed by atoms with Crippen LogP contribution in [0.1, 0.15) is 18.0 Å². The molecule has 2 aliphatic heterocycles. The van der Waals surface area contributed by atoms with Crippen molar-refractivity contribution in [3.63, 3.8) is 0 Å². The predicted molar refractivity (Wildman–Crippen MR) is 92.2 cm³/mol. The molecule has 0 bridgehead atoms. The summed E-state index contributed by atoms with van der Waals surface area (Å²) in [6.07, 6.45) is 0.561. The number of morpholine rings is 1. The van der Waals surface area contributed by atoms with Crippen molar-refractivity contribution in [3.05, 3.63) is 29.8 Å². The Morgan fingerprint density at radius 3 is 2.88 bits per heavy atom. The quantitative estimate of drug-likeness (QED) is 0.867. The average Bonchev–Trinajstić information content (AvgIpc) is 2.67. The van der Waals surface area contributed by atoms with Gasteiger partial charge in [0.25, 0.3) is 0 Å². The molecule has 2 aliphatic rings. The van der Waals surface area contributed by atoms with Gasteiger partial charge in [0.1, 0.15) is 5.75 Å². The van der Waals surface area contributed by atoms with Gasteiger partial charge < -0.3 is 19.7 Å². The summed E-state index contributed by atoms with van der Waals surface area (Å²) in [5, 5.41) is 3.40. The number of rotatable bonds is 5. The summed E-state index contributed by atoms with van der Waals surface area (Å²) in [6.45, 7) is 6.54. The topological polar surface area (TPSA) is 54.0 Å². The van der Waals surface area contributed by atoms with E-state index in [0.29, 0.717) is 6.42 Å². The molecule has 1 N–H and O–H groups in total. The van der Waals surface area contributed by atoms with Gasteiger partial charge in [-0.25, -0.2) is 0 Å². The lowest BCUT2D eigenvalue weighted by molar-refractivity contribution is -0.135. The summed E-state index contributed by atoms with van der Waals surface area (Å²) < 4.78 is 10.9. The zero-order valence-electron chi connectivity index (χ0n) is 14.4. The van der Waals surface area contributed by atoms with E-state index in [4.69, 9.17) is 9.47 Å². The van der Waals surface area contributed by atoms with E-state index < -0.39 is 0 Å². The number of nitrogens with one attached hydrogen (secondary N) is 1. The molecule has 1 unspecified atom stereocenters. The van der Waals surface area contributed by atoms with E-state index in [2.05, 4.69) is 16.3 Å². The van der Waals surface area contributed by atoms with E-state index in [-0.39, 0.29) is 11.9 Å². The maximum atomic E-state index is 12.8. The zero-order chi connectivity index (χ0) is 16.8. The maximum absolute atomic E-state index is 12.8. The van der Waals surface area contributed by atoms with Crippen molar-refractivity contribution in [1.29, 1.82) is 0 Å². The number of piperazine rings is 1. The average molecular weight is 333 g/mol. The molecule has 2 fully saturated rings. The fraction of sp³-hybridized carbons (Fsp3) is 0.611. The highest BCUT2D eigenvalue weighted by Crippen LogP contribution is 2.30. The third-order valence-corrected chi connectivity index (χ3v) is 4.81. The van der Waals surface area contributed by atoms with Gasteiger partial charge >= 0.3 is 0 Å². The number of ether oxygens (including phenoxy) is 2. The number of amides is 1. The van der Waals surface area contributed by atoms with Gasteiger partial charge in [-0.2, -0.15) is 0 Å². The first-order valence-corrected chi connectivity index (χ1v) is 8.73. The molecule has 3 rings (SSSR count). The third-order valence-electron chi connectivity index (χ3n) is 4.81. The lowest BCUT2D eigenvalue weighted by Gasteiger charge is -2.37. The minimum absolute atomic E-state index is 0.0343. The Hall–Kier alpha value is -1.63. The molecule has 0 radical (unpaired) electrons. The van der Waals surface area contributed by atoms with Crippen LogP contribution in [-0.2, 0) is 9.53 Å². The molecule has 1 aromatic rings. The highest BCUT2D eigenvalue weighted by Gasteiger charge is 2.29. The molecule has 0 saturated carbocycles. The summed E-state index contributed by atoms with van der Waals surface area (Å²) in [4.78, 5) is 17.1. The summed E-state index contributed by atoms with van der Waals surface area (Å²) in [5.74, 6) is 1.07. The number of methoxy groups -OCH3 is 1. The van der Waals surface area contributed by atoms with Crippen LogP contribution in [0.2, 0.25) is 0 Å². The van der Waals surface area contributed by atoms with E-state index in [9.17, 15) is 4.79 Å². The second kappa shape index (κ2) is 8.46. The number of para-hydroxylation sites is 1. The Kier molecular flexibility index (Phi) is 6.07. The fourth-order valence-corrected chi connectivity index (χ4v) is 3.44. The molecule has 1 amide bonds. The summed E-state index contributed by atoms with van der Waals surface area (Å²) >= 11 is 0. The van der Waals surface area contributed by atoms with E-state index in [1.165, 1.54) is 0 Å². The van der Waals surface area contributed by atoms with Crippen LogP contribution in [0.5, 0.6) is 5.75 Å². The second-order valence-electron chi connectivity index (χ2n) is 6.25. The first-order chi connectivity index (χ1) is 11.8. The lowest BCUT2D eigenvalue weighted by Crippen LogP contribution is -2.49. The second-order valence-corrected chi connectivity index (χ2v) is 6.25. The van der Waals surface area contributed by atoms with Gasteiger partial charge in [-0.15, -0.1) is 0 Å². The van der Waals surface area contributed by atoms with Gasteiger partial charge in [-0.1, -0.05) is 18.2 Å². The molecule has 2 saturated heterocycles. The van der Waals surface area contributed by atoms with Crippen molar-refractivity contribution in [2.45, 2.75) is 12.5 Å². The van der Waals surface area contributed by atoms with E-state index in [1.807, 2.05) is 23.1 Å². The molecule has 0 aliphatic carbocycles. The molecule has 0 aromatic heterocycles. The predicted octanol–water partition coefficient (Wildman–Crippen LogP) is 0.890. The maximum Gasteiger partial charge on any atom is 0.224 e. The largest absolute Gasteiger partial charge is 0.496 e. The SMILES string of the molecule is COc1ccccc1C1CNCCN1C(=O)CCN1CCOCC1. The smallest absolute Gasteiger partial charge is 0.224 e. The van der Waals surface area contributed by atoms with Crippen molar-refractivity contribution >= 4 is 5.91 Å². The Morgan fingerprint density at radius 1 is 1.29 bits per heavy atom. The summed E-state index contributed by atoms with van der Waals surface area (Å²) in [6, 6.07) is 8.01. The van der Waals surface area contributed by atoms with Crippen LogP contribution in [0, 0.1) is 0 Å².